The van der Waals surface area contributed by atoms with Crippen molar-refractivity contribution in [2.24, 2.45) is 0 Å². The smallest absolute Gasteiger partial charge is 0.243 e. The fourth-order valence-electron chi connectivity index (χ4n) is 1.78. The van der Waals surface area contributed by atoms with Crippen molar-refractivity contribution in [1.29, 1.82) is 0 Å². The fraction of sp³-hybridized carbons (Fsp3) is 0.143. The van der Waals surface area contributed by atoms with Crippen LogP contribution in [-0.4, -0.2) is 8.42 Å². The maximum atomic E-state index is 13.8. The zero-order valence-electron chi connectivity index (χ0n) is 11.2. The first kappa shape index (κ1) is 15.4. The largest absolute Gasteiger partial charge is 0.398 e. The van der Waals surface area contributed by atoms with E-state index in [4.69, 9.17) is 5.73 Å². The second-order valence-corrected chi connectivity index (χ2v) is 6.33. The summed E-state index contributed by atoms with van der Waals surface area (Å²) < 4.78 is 53.2. The Kier molecular flexibility index (Phi) is 4.24. The molecule has 0 aromatic heterocycles. The molecule has 4 nitrogen and oxygen atoms in total. The molecular formula is C14H14F2N2O2S. The van der Waals surface area contributed by atoms with Gasteiger partial charge in [0.15, 0.2) is 0 Å². The molecule has 2 aromatic carbocycles. The standard InChI is InChI=1S/C14H14F2N2O2S/c1-9-5-12(16)14(7-13(9)17)21(19,20)18-8-10-3-2-4-11(15)6-10/h2-7,18H,8,17H2,1H3. The molecule has 2 rings (SSSR count). The number of aryl methyl sites for hydroxylation is 1. The van der Waals surface area contributed by atoms with Gasteiger partial charge in [0.25, 0.3) is 0 Å². The van der Waals surface area contributed by atoms with Crippen LogP contribution in [0, 0.1) is 18.6 Å². The molecule has 0 unspecified atom stereocenters. The Morgan fingerprint density at radius 1 is 1.19 bits per heavy atom. The van der Waals surface area contributed by atoms with Crippen molar-refractivity contribution < 1.29 is 17.2 Å². The van der Waals surface area contributed by atoms with Crippen LogP contribution in [0.25, 0.3) is 0 Å². The predicted molar refractivity (Wildman–Crippen MR) is 76.0 cm³/mol. The summed E-state index contributed by atoms with van der Waals surface area (Å²) in [6, 6.07) is 7.60. The number of benzene rings is 2. The zero-order valence-corrected chi connectivity index (χ0v) is 12.0. The van der Waals surface area contributed by atoms with E-state index in [0.717, 1.165) is 12.1 Å². The van der Waals surface area contributed by atoms with Crippen molar-refractivity contribution in [3.8, 4) is 0 Å². The van der Waals surface area contributed by atoms with Gasteiger partial charge < -0.3 is 5.73 Å². The Hall–Kier alpha value is -1.99. The third-order valence-electron chi connectivity index (χ3n) is 2.97. The Labute approximate surface area is 121 Å². The molecular weight excluding hydrogens is 298 g/mol. The first-order valence-electron chi connectivity index (χ1n) is 6.09. The highest BCUT2D eigenvalue weighted by Crippen LogP contribution is 2.21. The summed E-state index contributed by atoms with van der Waals surface area (Å²) in [6.07, 6.45) is 0. The molecule has 0 aliphatic rings. The van der Waals surface area contributed by atoms with E-state index in [2.05, 4.69) is 4.72 Å². The Morgan fingerprint density at radius 3 is 2.57 bits per heavy atom. The molecule has 0 aliphatic heterocycles. The van der Waals surface area contributed by atoms with Crippen molar-refractivity contribution in [3.05, 3.63) is 59.2 Å². The lowest BCUT2D eigenvalue weighted by Gasteiger charge is -2.10. The van der Waals surface area contributed by atoms with Crippen LogP contribution in [0.3, 0.4) is 0 Å². The van der Waals surface area contributed by atoms with Gasteiger partial charge in [0, 0.05) is 12.2 Å². The number of hydrogen-bond acceptors (Lipinski definition) is 3. The maximum Gasteiger partial charge on any atom is 0.243 e. The topological polar surface area (TPSA) is 72.2 Å². The minimum Gasteiger partial charge on any atom is -0.398 e. The van der Waals surface area contributed by atoms with Gasteiger partial charge >= 0.3 is 0 Å². The number of rotatable bonds is 4. The van der Waals surface area contributed by atoms with Crippen LogP contribution in [-0.2, 0) is 16.6 Å². The average Bonchev–Trinajstić information content (AvgIpc) is 2.41. The van der Waals surface area contributed by atoms with Crippen LogP contribution >= 0.6 is 0 Å². The molecule has 2 aromatic rings. The number of nitrogens with one attached hydrogen (secondary N) is 1. The van der Waals surface area contributed by atoms with Gasteiger partial charge in [-0.1, -0.05) is 12.1 Å². The molecule has 0 aliphatic carbocycles. The first-order valence-corrected chi connectivity index (χ1v) is 7.57. The Bertz CT molecular complexity index is 777. The molecule has 0 heterocycles. The molecule has 0 atom stereocenters. The molecule has 0 saturated carbocycles. The van der Waals surface area contributed by atoms with Gasteiger partial charge in [-0.25, -0.2) is 21.9 Å². The van der Waals surface area contributed by atoms with Crippen LogP contribution < -0.4 is 10.5 Å². The van der Waals surface area contributed by atoms with Gasteiger partial charge in [-0.15, -0.1) is 0 Å². The van der Waals surface area contributed by atoms with Crippen LogP contribution in [0.5, 0.6) is 0 Å². The van der Waals surface area contributed by atoms with Crippen molar-refractivity contribution in [3.63, 3.8) is 0 Å². The summed E-state index contributed by atoms with van der Waals surface area (Å²) in [5.41, 5.74) is 6.67. The lowest BCUT2D eigenvalue weighted by molar-refractivity contribution is 0.556. The number of nitrogen functional groups attached to an aromatic ring is 1. The second-order valence-electron chi connectivity index (χ2n) is 4.59. The van der Waals surface area contributed by atoms with Crippen LogP contribution in [0.2, 0.25) is 0 Å². The normalized spacial score (nSPS) is 11.6. The number of halogens is 2. The SMILES string of the molecule is Cc1cc(F)c(S(=O)(=O)NCc2cccc(F)c2)cc1N. The summed E-state index contributed by atoms with van der Waals surface area (Å²) in [7, 11) is -4.07. The molecule has 0 amide bonds. The fourth-order valence-corrected chi connectivity index (χ4v) is 2.89. The lowest BCUT2D eigenvalue weighted by atomic mass is 10.2. The third-order valence-corrected chi connectivity index (χ3v) is 4.38. The van der Waals surface area contributed by atoms with Gasteiger partial charge in [-0.2, -0.15) is 0 Å². The lowest BCUT2D eigenvalue weighted by Crippen LogP contribution is -2.24. The Morgan fingerprint density at radius 2 is 1.90 bits per heavy atom. The molecule has 0 fully saturated rings. The monoisotopic (exact) mass is 312 g/mol. The molecule has 21 heavy (non-hydrogen) atoms. The maximum absolute atomic E-state index is 13.8. The highest BCUT2D eigenvalue weighted by molar-refractivity contribution is 7.89. The highest BCUT2D eigenvalue weighted by atomic mass is 32.2. The van der Waals surface area contributed by atoms with Crippen molar-refractivity contribution in [1.82, 2.24) is 4.72 Å². The molecule has 0 radical (unpaired) electrons. The van der Waals surface area contributed by atoms with Crippen LogP contribution in [0.1, 0.15) is 11.1 Å². The Balaban J connectivity index is 2.25. The van der Waals surface area contributed by atoms with E-state index in [1.54, 1.807) is 13.0 Å². The van der Waals surface area contributed by atoms with Crippen molar-refractivity contribution >= 4 is 15.7 Å². The van der Waals surface area contributed by atoms with E-state index in [1.165, 1.54) is 18.2 Å². The minimum atomic E-state index is -4.07. The van der Waals surface area contributed by atoms with E-state index in [9.17, 15) is 17.2 Å². The van der Waals surface area contributed by atoms with Gasteiger partial charge in [0.1, 0.15) is 16.5 Å². The third kappa shape index (κ3) is 3.56. The second kappa shape index (κ2) is 5.79. The number of hydrogen-bond donors (Lipinski definition) is 2. The summed E-state index contributed by atoms with van der Waals surface area (Å²) in [5, 5.41) is 0. The number of anilines is 1. The molecule has 112 valence electrons. The molecule has 0 spiro atoms. The average molecular weight is 312 g/mol. The van der Waals surface area contributed by atoms with E-state index < -0.39 is 26.6 Å². The first-order chi connectivity index (χ1) is 9.79. The molecule has 0 saturated heterocycles. The summed E-state index contributed by atoms with van der Waals surface area (Å²) in [6.45, 7) is 1.43. The van der Waals surface area contributed by atoms with Crippen LogP contribution in [0.15, 0.2) is 41.3 Å². The molecule has 0 bridgehead atoms. The van der Waals surface area contributed by atoms with Gasteiger partial charge in [0.05, 0.1) is 0 Å². The zero-order chi connectivity index (χ0) is 15.6. The molecule has 3 N–H and O–H groups in total. The van der Waals surface area contributed by atoms with Gasteiger partial charge in [0.2, 0.25) is 10.0 Å². The summed E-state index contributed by atoms with van der Waals surface area (Å²) in [5.74, 6) is -1.36. The quantitative estimate of drug-likeness (QED) is 0.851. The summed E-state index contributed by atoms with van der Waals surface area (Å²) in [4.78, 5) is -0.526. The summed E-state index contributed by atoms with van der Waals surface area (Å²) >= 11 is 0. The van der Waals surface area contributed by atoms with E-state index in [0.29, 0.717) is 11.1 Å². The molecule has 7 heteroatoms. The van der Waals surface area contributed by atoms with Gasteiger partial charge in [-0.05, 0) is 42.3 Å². The van der Waals surface area contributed by atoms with E-state index in [-0.39, 0.29) is 12.2 Å². The number of sulfonamides is 1. The highest BCUT2D eigenvalue weighted by Gasteiger charge is 2.20. The number of nitrogens with two attached hydrogens (primary N) is 1. The van der Waals surface area contributed by atoms with Gasteiger partial charge in [-0.3, -0.25) is 0 Å². The van der Waals surface area contributed by atoms with E-state index >= 15 is 0 Å². The van der Waals surface area contributed by atoms with Crippen molar-refractivity contribution in [2.45, 2.75) is 18.4 Å². The van der Waals surface area contributed by atoms with Crippen LogP contribution in [0.4, 0.5) is 14.5 Å². The minimum absolute atomic E-state index is 0.146. The van der Waals surface area contributed by atoms with E-state index in [1.807, 2.05) is 0 Å². The predicted octanol–water partition coefficient (Wildman–Crippen LogP) is 2.33. The van der Waals surface area contributed by atoms with Crippen molar-refractivity contribution in [2.75, 3.05) is 5.73 Å².